The van der Waals surface area contributed by atoms with Gasteiger partial charge in [0, 0.05) is 11.7 Å². The summed E-state index contributed by atoms with van der Waals surface area (Å²) in [6.45, 7) is 5.43. The van der Waals surface area contributed by atoms with Gasteiger partial charge in [0.2, 0.25) is 5.91 Å². The molecule has 2 aromatic carbocycles. The van der Waals surface area contributed by atoms with E-state index in [0.717, 1.165) is 11.1 Å². The van der Waals surface area contributed by atoms with Crippen LogP contribution in [0.2, 0.25) is 0 Å². The fourth-order valence-electron chi connectivity index (χ4n) is 2.85. The number of fused-ring (bicyclic) bond motifs is 1. The van der Waals surface area contributed by atoms with Crippen LogP contribution in [-0.2, 0) is 9.59 Å². The number of carbonyl (C=O) groups excluding carboxylic acids is 2. The van der Waals surface area contributed by atoms with Gasteiger partial charge in [-0.3, -0.25) is 14.5 Å². The summed E-state index contributed by atoms with van der Waals surface area (Å²) >= 11 is 0. The fraction of sp³-hybridized carbons (Fsp3) is 0.300. The fourth-order valence-corrected chi connectivity index (χ4v) is 2.85. The first-order valence-electron chi connectivity index (χ1n) is 8.59. The van der Waals surface area contributed by atoms with Crippen molar-refractivity contribution in [3.05, 3.63) is 53.6 Å². The molecule has 0 aromatic heterocycles. The molecule has 3 N–H and O–H groups in total. The van der Waals surface area contributed by atoms with Gasteiger partial charge in [0.25, 0.3) is 5.91 Å². The van der Waals surface area contributed by atoms with Crippen LogP contribution in [0, 0.1) is 6.92 Å². The summed E-state index contributed by atoms with van der Waals surface area (Å²) in [6, 6.07) is 12.8. The second kappa shape index (κ2) is 7.17. The molecule has 0 fully saturated rings. The largest absolute Gasteiger partial charge is 0.479 e. The topological polar surface area (TPSA) is 84.7 Å². The van der Waals surface area contributed by atoms with Crippen LogP contribution in [0.1, 0.15) is 31.0 Å². The van der Waals surface area contributed by atoms with Crippen LogP contribution in [0.4, 0.5) is 11.4 Å². The van der Waals surface area contributed by atoms with Crippen LogP contribution in [0.25, 0.3) is 0 Å². The van der Waals surface area contributed by atoms with Crippen molar-refractivity contribution in [1.82, 2.24) is 0 Å². The van der Waals surface area contributed by atoms with Gasteiger partial charge in [0.1, 0.15) is 12.3 Å². The highest BCUT2D eigenvalue weighted by molar-refractivity contribution is 6.06. The lowest BCUT2D eigenvalue weighted by Gasteiger charge is -2.33. The van der Waals surface area contributed by atoms with E-state index in [0.29, 0.717) is 17.1 Å². The highest BCUT2D eigenvalue weighted by atomic mass is 16.5. The molecule has 6 nitrogen and oxygen atoms in total. The summed E-state index contributed by atoms with van der Waals surface area (Å²) in [4.78, 5) is 26.5. The quantitative estimate of drug-likeness (QED) is 0.885. The molecule has 0 spiro atoms. The molecule has 2 atom stereocenters. The maximum absolute atomic E-state index is 12.6. The molecule has 1 aliphatic heterocycles. The Balaban J connectivity index is 1.84. The van der Waals surface area contributed by atoms with Crippen molar-refractivity contribution in [2.75, 3.05) is 16.8 Å². The molecule has 2 aromatic rings. The van der Waals surface area contributed by atoms with Gasteiger partial charge in [-0.1, -0.05) is 23.8 Å². The van der Waals surface area contributed by atoms with Crippen molar-refractivity contribution in [2.45, 2.75) is 32.9 Å². The SMILES string of the molecule is Cc1ccc(NC(=O)CN2C(=O)C(C)Oc3ccc(C(C)N)cc32)cc1. The van der Waals surface area contributed by atoms with Gasteiger partial charge in [-0.2, -0.15) is 0 Å². The summed E-state index contributed by atoms with van der Waals surface area (Å²) < 4.78 is 5.66. The monoisotopic (exact) mass is 353 g/mol. The third-order valence-electron chi connectivity index (χ3n) is 4.35. The summed E-state index contributed by atoms with van der Waals surface area (Å²) in [5.41, 5.74) is 9.19. The van der Waals surface area contributed by atoms with E-state index in [1.54, 1.807) is 13.0 Å². The number of nitrogens with two attached hydrogens (primary N) is 1. The molecular formula is C20H23N3O3. The minimum absolute atomic E-state index is 0.0875. The second-order valence-electron chi connectivity index (χ2n) is 6.61. The first-order valence-corrected chi connectivity index (χ1v) is 8.59. The number of nitrogens with zero attached hydrogens (tertiary/aromatic N) is 1. The number of carbonyl (C=O) groups is 2. The van der Waals surface area contributed by atoms with E-state index in [2.05, 4.69) is 5.32 Å². The first-order chi connectivity index (χ1) is 12.3. The number of rotatable bonds is 4. The lowest BCUT2D eigenvalue weighted by Crippen LogP contribution is -2.47. The highest BCUT2D eigenvalue weighted by Gasteiger charge is 2.33. The van der Waals surface area contributed by atoms with Gasteiger partial charge in [-0.05, 0) is 50.6 Å². The van der Waals surface area contributed by atoms with E-state index in [-0.39, 0.29) is 24.4 Å². The van der Waals surface area contributed by atoms with E-state index in [1.807, 2.05) is 50.2 Å². The molecule has 0 saturated carbocycles. The Morgan fingerprint density at radius 1 is 1.27 bits per heavy atom. The van der Waals surface area contributed by atoms with Gasteiger partial charge in [-0.15, -0.1) is 0 Å². The Morgan fingerprint density at radius 3 is 2.62 bits per heavy atom. The van der Waals surface area contributed by atoms with E-state index in [4.69, 9.17) is 10.5 Å². The number of amides is 2. The smallest absolute Gasteiger partial charge is 0.268 e. The van der Waals surface area contributed by atoms with Crippen LogP contribution in [0.15, 0.2) is 42.5 Å². The number of anilines is 2. The summed E-state index contributed by atoms with van der Waals surface area (Å²) in [6.07, 6.45) is -0.643. The van der Waals surface area contributed by atoms with Crippen molar-refractivity contribution in [1.29, 1.82) is 0 Å². The Labute approximate surface area is 152 Å². The maximum Gasteiger partial charge on any atom is 0.268 e. The van der Waals surface area contributed by atoms with Crippen LogP contribution < -0.4 is 20.7 Å². The average Bonchev–Trinajstić information content (AvgIpc) is 2.60. The second-order valence-corrected chi connectivity index (χ2v) is 6.61. The number of hydrogen-bond donors (Lipinski definition) is 2. The summed E-state index contributed by atoms with van der Waals surface area (Å²) in [5.74, 6) is 0.0523. The molecule has 136 valence electrons. The van der Waals surface area contributed by atoms with Crippen LogP contribution >= 0.6 is 0 Å². The standard InChI is InChI=1S/C20H23N3O3/c1-12-4-7-16(8-5-12)22-19(24)11-23-17-10-15(13(2)21)6-9-18(17)26-14(3)20(23)25/h4-10,13-14H,11,21H2,1-3H3,(H,22,24). The zero-order valence-electron chi connectivity index (χ0n) is 15.2. The van der Waals surface area contributed by atoms with Gasteiger partial charge in [-0.25, -0.2) is 0 Å². The molecule has 3 rings (SSSR count). The zero-order valence-corrected chi connectivity index (χ0v) is 15.2. The molecule has 1 heterocycles. The minimum Gasteiger partial charge on any atom is -0.479 e. The van der Waals surface area contributed by atoms with Crippen molar-refractivity contribution in [2.24, 2.45) is 5.73 Å². The molecule has 26 heavy (non-hydrogen) atoms. The Hall–Kier alpha value is -2.86. The predicted molar refractivity (Wildman–Crippen MR) is 101 cm³/mol. The van der Waals surface area contributed by atoms with Crippen molar-refractivity contribution < 1.29 is 14.3 Å². The van der Waals surface area contributed by atoms with E-state index < -0.39 is 6.10 Å². The van der Waals surface area contributed by atoms with Crippen LogP contribution in [0.5, 0.6) is 5.75 Å². The summed E-state index contributed by atoms with van der Waals surface area (Å²) in [7, 11) is 0. The predicted octanol–water partition coefficient (Wildman–Crippen LogP) is 2.77. The maximum atomic E-state index is 12.6. The number of benzene rings is 2. The molecule has 0 bridgehead atoms. The number of aryl methyl sites for hydroxylation is 1. The molecule has 2 unspecified atom stereocenters. The molecular weight excluding hydrogens is 330 g/mol. The van der Waals surface area contributed by atoms with E-state index in [1.165, 1.54) is 4.90 Å². The Bertz CT molecular complexity index is 831. The summed E-state index contributed by atoms with van der Waals surface area (Å²) in [5, 5.41) is 2.82. The average molecular weight is 353 g/mol. The highest BCUT2D eigenvalue weighted by Crippen LogP contribution is 2.35. The van der Waals surface area contributed by atoms with Gasteiger partial charge in [0.05, 0.1) is 5.69 Å². The Kier molecular flexibility index (Phi) is 4.95. The normalized spacial score (nSPS) is 17.3. The van der Waals surface area contributed by atoms with Crippen LogP contribution in [-0.4, -0.2) is 24.5 Å². The lowest BCUT2D eigenvalue weighted by atomic mass is 10.1. The van der Waals surface area contributed by atoms with Crippen molar-refractivity contribution >= 4 is 23.2 Å². The third kappa shape index (κ3) is 3.70. The minimum atomic E-state index is -0.643. The number of nitrogens with one attached hydrogen (secondary N) is 1. The molecule has 2 amide bonds. The molecule has 0 radical (unpaired) electrons. The number of ether oxygens (including phenoxy) is 1. The van der Waals surface area contributed by atoms with Gasteiger partial charge in [0.15, 0.2) is 6.10 Å². The molecule has 6 heteroatoms. The van der Waals surface area contributed by atoms with Gasteiger partial charge >= 0.3 is 0 Å². The molecule has 0 saturated heterocycles. The molecule has 1 aliphatic rings. The van der Waals surface area contributed by atoms with Crippen molar-refractivity contribution in [3.63, 3.8) is 0 Å². The number of hydrogen-bond acceptors (Lipinski definition) is 4. The third-order valence-corrected chi connectivity index (χ3v) is 4.35. The first kappa shape index (κ1) is 17.9. The Morgan fingerprint density at radius 2 is 1.96 bits per heavy atom. The van der Waals surface area contributed by atoms with Crippen molar-refractivity contribution in [3.8, 4) is 5.75 Å². The van der Waals surface area contributed by atoms with Gasteiger partial charge < -0.3 is 15.8 Å². The zero-order chi connectivity index (χ0) is 18.8. The lowest BCUT2D eigenvalue weighted by molar-refractivity contribution is -0.127. The molecule has 0 aliphatic carbocycles. The van der Waals surface area contributed by atoms with E-state index in [9.17, 15) is 9.59 Å². The van der Waals surface area contributed by atoms with Crippen LogP contribution in [0.3, 0.4) is 0 Å². The van der Waals surface area contributed by atoms with E-state index >= 15 is 0 Å².